The summed E-state index contributed by atoms with van der Waals surface area (Å²) in [7, 11) is 0. The van der Waals surface area contributed by atoms with Crippen LogP contribution >= 0.6 is 0 Å². The van der Waals surface area contributed by atoms with Crippen LogP contribution in [-0.4, -0.2) is 35.9 Å². The molecule has 5 aromatic rings. The zero-order valence-electron chi connectivity index (χ0n) is 15.9. The molecule has 0 saturated carbocycles. The Balaban J connectivity index is 1.56. The van der Waals surface area contributed by atoms with Crippen molar-refractivity contribution in [3.05, 3.63) is 103 Å². The predicted molar refractivity (Wildman–Crippen MR) is 115 cm³/mol. The molecule has 0 aliphatic carbocycles. The molecular weight excluding hydrogens is 374 g/mol. The predicted octanol–water partition coefficient (Wildman–Crippen LogP) is 4.08. The van der Waals surface area contributed by atoms with Crippen molar-refractivity contribution in [2.75, 3.05) is 0 Å². The highest BCUT2D eigenvalue weighted by atomic mass is 15.4. The van der Waals surface area contributed by atoms with Gasteiger partial charge in [-0.05, 0) is 24.3 Å². The van der Waals surface area contributed by atoms with Crippen molar-refractivity contribution in [3.63, 3.8) is 0 Å². The lowest BCUT2D eigenvalue weighted by molar-refractivity contribution is 0.883. The standard InChI is InChI=1S/C23H17N7/c1-3-8-18(9-4-1)23-27-25-17-30(23)26-15-20-16-29(21-11-5-2-6-12-21)28-22(20)19-10-7-13-24-14-19/h1-17H/b26-15-. The van der Waals surface area contributed by atoms with Crippen molar-refractivity contribution in [1.29, 1.82) is 0 Å². The van der Waals surface area contributed by atoms with Gasteiger partial charge in [0.25, 0.3) is 0 Å². The van der Waals surface area contributed by atoms with E-state index in [1.165, 1.54) is 0 Å². The molecule has 0 radical (unpaired) electrons. The molecule has 0 N–H and O–H groups in total. The van der Waals surface area contributed by atoms with E-state index in [0.29, 0.717) is 5.82 Å². The van der Waals surface area contributed by atoms with Gasteiger partial charge in [0.15, 0.2) is 5.82 Å². The maximum absolute atomic E-state index is 4.78. The molecule has 3 aromatic heterocycles. The average molecular weight is 391 g/mol. The van der Waals surface area contributed by atoms with E-state index in [2.05, 4.69) is 20.3 Å². The molecule has 7 nitrogen and oxygen atoms in total. The first-order chi connectivity index (χ1) is 14.9. The fraction of sp³-hybridized carbons (Fsp3) is 0. The van der Waals surface area contributed by atoms with Crippen LogP contribution in [0.15, 0.2) is 103 Å². The minimum Gasteiger partial charge on any atom is -0.264 e. The molecule has 30 heavy (non-hydrogen) atoms. The van der Waals surface area contributed by atoms with Gasteiger partial charge in [-0.15, -0.1) is 10.2 Å². The summed E-state index contributed by atoms with van der Waals surface area (Å²) in [5, 5.41) is 17.6. The van der Waals surface area contributed by atoms with Crippen molar-refractivity contribution >= 4 is 6.21 Å². The Morgan fingerprint density at radius 2 is 1.60 bits per heavy atom. The van der Waals surface area contributed by atoms with Crippen LogP contribution in [0.3, 0.4) is 0 Å². The van der Waals surface area contributed by atoms with Crippen LogP contribution in [0.5, 0.6) is 0 Å². The summed E-state index contributed by atoms with van der Waals surface area (Å²) in [5.74, 6) is 0.672. The van der Waals surface area contributed by atoms with Gasteiger partial charge in [-0.2, -0.15) is 14.9 Å². The third-order valence-corrected chi connectivity index (χ3v) is 4.58. The number of hydrogen-bond donors (Lipinski definition) is 0. The first kappa shape index (κ1) is 17.7. The van der Waals surface area contributed by atoms with Gasteiger partial charge in [0, 0.05) is 35.3 Å². The summed E-state index contributed by atoms with van der Waals surface area (Å²) in [6, 6.07) is 23.7. The summed E-state index contributed by atoms with van der Waals surface area (Å²) in [6.45, 7) is 0. The summed E-state index contributed by atoms with van der Waals surface area (Å²) in [4.78, 5) is 4.23. The van der Waals surface area contributed by atoms with Crippen LogP contribution in [-0.2, 0) is 0 Å². The fourth-order valence-corrected chi connectivity index (χ4v) is 3.14. The molecule has 0 unspecified atom stereocenters. The summed E-state index contributed by atoms with van der Waals surface area (Å²) in [6.07, 6.45) is 8.85. The van der Waals surface area contributed by atoms with Gasteiger partial charge in [-0.25, -0.2) is 4.68 Å². The van der Waals surface area contributed by atoms with Gasteiger partial charge in [-0.1, -0.05) is 48.5 Å². The van der Waals surface area contributed by atoms with Crippen LogP contribution in [0.2, 0.25) is 0 Å². The number of nitrogens with zero attached hydrogens (tertiary/aromatic N) is 7. The normalized spacial score (nSPS) is 11.2. The highest BCUT2D eigenvalue weighted by Gasteiger charge is 2.12. The molecule has 3 heterocycles. The van der Waals surface area contributed by atoms with E-state index < -0.39 is 0 Å². The summed E-state index contributed by atoms with van der Waals surface area (Å²) in [5.41, 5.74) is 4.49. The number of pyridine rings is 1. The highest BCUT2D eigenvalue weighted by Crippen LogP contribution is 2.22. The minimum atomic E-state index is 0.672. The largest absolute Gasteiger partial charge is 0.264 e. The van der Waals surface area contributed by atoms with Gasteiger partial charge in [0.1, 0.15) is 12.0 Å². The van der Waals surface area contributed by atoms with Crippen LogP contribution in [0.1, 0.15) is 5.56 Å². The second kappa shape index (κ2) is 7.92. The monoisotopic (exact) mass is 391 g/mol. The summed E-state index contributed by atoms with van der Waals surface area (Å²) < 4.78 is 3.50. The maximum atomic E-state index is 4.78. The summed E-state index contributed by atoms with van der Waals surface area (Å²) >= 11 is 0. The molecule has 0 saturated heterocycles. The molecule has 0 bridgehead atoms. The average Bonchev–Trinajstić information content (AvgIpc) is 3.47. The van der Waals surface area contributed by atoms with E-state index in [1.807, 2.05) is 83.7 Å². The lowest BCUT2D eigenvalue weighted by atomic mass is 10.1. The van der Waals surface area contributed by atoms with Crippen LogP contribution in [0.4, 0.5) is 0 Å². The number of para-hydroxylation sites is 1. The Labute approximate surface area is 173 Å². The molecule has 2 aromatic carbocycles. The van der Waals surface area contributed by atoms with E-state index in [4.69, 9.17) is 5.10 Å². The maximum Gasteiger partial charge on any atom is 0.184 e. The molecule has 144 valence electrons. The van der Waals surface area contributed by atoms with E-state index in [9.17, 15) is 0 Å². The quantitative estimate of drug-likeness (QED) is 0.423. The topological polar surface area (TPSA) is 73.8 Å². The van der Waals surface area contributed by atoms with E-state index in [0.717, 1.165) is 28.1 Å². The number of benzene rings is 2. The zero-order valence-corrected chi connectivity index (χ0v) is 15.9. The van der Waals surface area contributed by atoms with Gasteiger partial charge in [-0.3, -0.25) is 4.98 Å². The first-order valence-electron chi connectivity index (χ1n) is 9.44. The molecule has 7 heteroatoms. The Kier molecular flexibility index (Phi) is 4.67. The highest BCUT2D eigenvalue weighted by molar-refractivity contribution is 5.88. The fourth-order valence-electron chi connectivity index (χ4n) is 3.14. The second-order valence-corrected chi connectivity index (χ2v) is 6.56. The van der Waals surface area contributed by atoms with E-state index in [-0.39, 0.29) is 0 Å². The van der Waals surface area contributed by atoms with Crippen molar-refractivity contribution in [2.24, 2.45) is 5.10 Å². The smallest absolute Gasteiger partial charge is 0.184 e. The van der Waals surface area contributed by atoms with Crippen LogP contribution in [0.25, 0.3) is 28.3 Å². The SMILES string of the molecule is C(=N/n1cnnc1-c1ccccc1)/c1cn(-c2ccccc2)nc1-c1cccnc1. The van der Waals surface area contributed by atoms with E-state index in [1.54, 1.807) is 29.6 Å². The number of rotatable bonds is 5. The van der Waals surface area contributed by atoms with Crippen molar-refractivity contribution in [2.45, 2.75) is 0 Å². The van der Waals surface area contributed by atoms with Gasteiger partial charge >= 0.3 is 0 Å². The Hall–Kier alpha value is -4.39. The Morgan fingerprint density at radius 1 is 0.833 bits per heavy atom. The Bertz CT molecular complexity index is 1270. The van der Waals surface area contributed by atoms with Crippen LogP contribution in [0, 0.1) is 0 Å². The molecule has 0 amide bonds. The van der Waals surface area contributed by atoms with Gasteiger partial charge < -0.3 is 0 Å². The Morgan fingerprint density at radius 3 is 2.37 bits per heavy atom. The number of aromatic nitrogens is 6. The first-order valence-corrected chi connectivity index (χ1v) is 9.44. The zero-order chi connectivity index (χ0) is 20.2. The third-order valence-electron chi connectivity index (χ3n) is 4.58. The minimum absolute atomic E-state index is 0.672. The molecule has 0 aliphatic rings. The number of hydrogen-bond acceptors (Lipinski definition) is 5. The molecule has 0 atom stereocenters. The molecule has 0 aliphatic heterocycles. The van der Waals surface area contributed by atoms with Crippen molar-refractivity contribution in [1.82, 2.24) is 29.6 Å². The molecule has 5 rings (SSSR count). The molecule has 0 spiro atoms. The lowest BCUT2D eigenvalue weighted by Gasteiger charge is -2.00. The van der Waals surface area contributed by atoms with Gasteiger partial charge in [0.05, 0.1) is 11.9 Å². The van der Waals surface area contributed by atoms with E-state index >= 15 is 0 Å². The van der Waals surface area contributed by atoms with Gasteiger partial charge in [0.2, 0.25) is 0 Å². The lowest BCUT2D eigenvalue weighted by Crippen LogP contribution is -1.94. The third kappa shape index (κ3) is 3.51. The molecule has 0 fully saturated rings. The second-order valence-electron chi connectivity index (χ2n) is 6.56. The van der Waals surface area contributed by atoms with Crippen LogP contribution < -0.4 is 0 Å². The van der Waals surface area contributed by atoms with Crippen molar-refractivity contribution < 1.29 is 0 Å². The molecular formula is C23H17N7. The van der Waals surface area contributed by atoms with Crippen molar-refractivity contribution in [3.8, 4) is 28.3 Å².